The number of hydrogen-bond donors (Lipinski definition) is 2. The third-order valence-electron chi connectivity index (χ3n) is 4.91. The molecule has 0 saturated heterocycles. The Morgan fingerprint density at radius 1 is 1.11 bits per heavy atom. The van der Waals surface area contributed by atoms with Crippen molar-refractivity contribution in [2.24, 2.45) is 0 Å². The molecule has 0 bridgehead atoms. The maximum atomic E-state index is 12.3. The van der Waals surface area contributed by atoms with Gasteiger partial charge in [0.15, 0.2) is 6.10 Å². The van der Waals surface area contributed by atoms with Crippen LogP contribution in [0.25, 0.3) is 0 Å². The van der Waals surface area contributed by atoms with E-state index in [9.17, 15) is 24.0 Å². The van der Waals surface area contributed by atoms with Crippen molar-refractivity contribution < 1.29 is 28.7 Å². The van der Waals surface area contributed by atoms with Crippen molar-refractivity contribution in [1.82, 2.24) is 15.5 Å². The molecule has 1 aliphatic carbocycles. The molecule has 2 N–H and O–H groups in total. The number of carbonyl (C=O) groups is 5. The van der Waals surface area contributed by atoms with Gasteiger partial charge in [0, 0.05) is 13.1 Å². The Hall–Kier alpha value is -3.23. The summed E-state index contributed by atoms with van der Waals surface area (Å²) in [5, 5.41) is 4.86. The first-order valence-corrected chi connectivity index (χ1v) is 9.06. The summed E-state index contributed by atoms with van der Waals surface area (Å²) in [7, 11) is 1.35. The zero-order valence-corrected chi connectivity index (χ0v) is 15.6. The normalized spacial score (nSPS) is 17.3. The second kappa shape index (κ2) is 7.79. The lowest BCUT2D eigenvalue weighted by molar-refractivity contribution is -0.127. The van der Waals surface area contributed by atoms with Gasteiger partial charge < -0.3 is 10.1 Å². The number of urea groups is 1. The van der Waals surface area contributed by atoms with Crippen molar-refractivity contribution in [2.45, 2.75) is 44.8 Å². The van der Waals surface area contributed by atoms with Gasteiger partial charge in [-0.25, -0.2) is 9.59 Å². The Balaban J connectivity index is 1.58. The van der Waals surface area contributed by atoms with Crippen molar-refractivity contribution in [2.75, 3.05) is 7.05 Å². The number of fused-ring (bicyclic) bond motifs is 1. The Kier molecular flexibility index (Phi) is 5.43. The van der Waals surface area contributed by atoms with Crippen LogP contribution in [-0.2, 0) is 9.53 Å². The molecule has 28 heavy (non-hydrogen) atoms. The van der Waals surface area contributed by atoms with Crippen LogP contribution < -0.4 is 10.6 Å². The molecule has 0 aromatic heterocycles. The SMILES string of the molecule is C[C@@H](OC(=O)c1ccc2c(c1)C(=O)N(C)C2=O)C(=O)NC(=O)NC1CCCC1. The van der Waals surface area contributed by atoms with Gasteiger partial charge in [-0.1, -0.05) is 12.8 Å². The fourth-order valence-electron chi connectivity index (χ4n) is 3.28. The number of amides is 5. The molecule has 1 aromatic rings. The van der Waals surface area contributed by atoms with Crippen molar-refractivity contribution in [3.8, 4) is 0 Å². The molecule has 2 aliphatic rings. The van der Waals surface area contributed by atoms with Crippen LogP contribution in [0, 0.1) is 0 Å². The molecule has 0 radical (unpaired) electrons. The predicted molar refractivity (Wildman–Crippen MR) is 96.7 cm³/mol. The van der Waals surface area contributed by atoms with E-state index in [0.29, 0.717) is 0 Å². The van der Waals surface area contributed by atoms with Crippen LogP contribution in [0.5, 0.6) is 0 Å². The highest BCUT2D eigenvalue weighted by molar-refractivity contribution is 6.21. The van der Waals surface area contributed by atoms with Gasteiger partial charge in [-0.05, 0) is 38.0 Å². The first kappa shape index (κ1) is 19.5. The van der Waals surface area contributed by atoms with E-state index < -0.39 is 35.8 Å². The topological polar surface area (TPSA) is 122 Å². The molecule has 3 rings (SSSR count). The van der Waals surface area contributed by atoms with E-state index in [0.717, 1.165) is 30.6 Å². The Labute approximate surface area is 161 Å². The van der Waals surface area contributed by atoms with Crippen LogP contribution in [0.2, 0.25) is 0 Å². The zero-order valence-electron chi connectivity index (χ0n) is 15.6. The molecule has 148 valence electrons. The van der Waals surface area contributed by atoms with Gasteiger partial charge in [0.1, 0.15) is 0 Å². The Morgan fingerprint density at radius 3 is 2.43 bits per heavy atom. The number of benzene rings is 1. The fourth-order valence-corrected chi connectivity index (χ4v) is 3.28. The van der Waals surface area contributed by atoms with Crippen molar-refractivity contribution >= 4 is 29.7 Å². The average molecular weight is 387 g/mol. The molecular weight excluding hydrogens is 366 g/mol. The van der Waals surface area contributed by atoms with Crippen molar-refractivity contribution in [3.05, 3.63) is 34.9 Å². The number of nitrogens with zero attached hydrogens (tertiary/aromatic N) is 1. The van der Waals surface area contributed by atoms with Crippen molar-refractivity contribution in [3.63, 3.8) is 0 Å². The number of ether oxygens (including phenoxy) is 1. The molecule has 1 fully saturated rings. The first-order valence-electron chi connectivity index (χ1n) is 9.06. The van der Waals surface area contributed by atoms with E-state index in [1.165, 1.54) is 32.2 Å². The molecule has 9 nitrogen and oxygen atoms in total. The smallest absolute Gasteiger partial charge is 0.338 e. The van der Waals surface area contributed by atoms with Gasteiger partial charge >= 0.3 is 12.0 Å². The predicted octanol–water partition coefficient (Wildman–Crippen LogP) is 1.23. The van der Waals surface area contributed by atoms with Gasteiger partial charge in [-0.2, -0.15) is 0 Å². The average Bonchev–Trinajstić information content (AvgIpc) is 3.24. The van der Waals surface area contributed by atoms with E-state index in [2.05, 4.69) is 10.6 Å². The second-order valence-electron chi connectivity index (χ2n) is 6.92. The largest absolute Gasteiger partial charge is 0.449 e. The van der Waals surface area contributed by atoms with Crippen LogP contribution in [0.15, 0.2) is 18.2 Å². The number of rotatable bonds is 4. The standard InChI is InChI=1S/C19H21N3O6/c1-10(15(23)21-19(27)20-12-5-3-4-6-12)28-18(26)11-7-8-13-14(9-11)17(25)22(2)16(13)24/h7-10,12H,3-6H2,1-2H3,(H2,20,21,23,27)/t10-/m1/s1. The summed E-state index contributed by atoms with van der Waals surface area (Å²) in [5.74, 6) is -2.54. The Morgan fingerprint density at radius 2 is 1.75 bits per heavy atom. The molecule has 1 aliphatic heterocycles. The van der Waals surface area contributed by atoms with Crippen LogP contribution in [0.1, 0.15) is 63.7 Å². The number of hydrogen-bond acceptors (Lipinski definition) is 6. The van der Waals surface area contributed by atoms with E-state index >= 15 is 0 Å². The highest BCUT2D eigenvalue weighted by atomic mass is 16.5. The lowest BCUT2D eigenvalue weighted by Crippen LogP contribution is -2.47. The molecule has 5 amide bonds. The third kappa shape index (κ3) is 3.88. The number of imide groups is 2. The monoisotopic (exact) mass is 387 g/mol. The molecule has 9 heteroatoms. The van der Waals surface area contributed by atoms with E-state index in [1.807, 2.05) is 0 Å². The van der Waals surface area contributed by atoms with E-state index in [-0.39, 0.29) is 22.7 Å². The summed E-state index contributed by atoms with van der Waals surface area (Å²) in [4.78, 5) is 61.0. The summed E-state index contributed by atoms with van der Waals surface area (Å²) in [6.07, 6.45) is 2.62. The summed E-state index contributed by atoms with van der Waals surface area (Å²) < 4.78 is 5.08. The van der Waals surface area contributed by atoms with Gasteiger partial charge in [0.05, 0.1) is 16.7 Å². The zero-order chi connectivity index (χ0) is 20.4. The highest BCUT2D eigenvalue weighted by Crippen LogP contribution is 2.23. The van der Waals surface area contributed by atoms with E-state index in [1.54, 1.807) is 0 Å². The summed E-state index contributed by atoms with van der Waals surface area (Å²) in [6, 6.07) is 3.41. The van der Waals surface area contributed by atoms with Crippen LogP contribution >= 0.6 is 0 Å². The number of carbonyl (C=O) groups excluding carboxylic acids is 5. The second-order valence-corrected chi connectivity index (χ2v) is 6.92. The van der Waals surface area contributed by atoms with Gasteiger partial charge in [-0.15, -0.1) is 0 Å². The van der Waals surface area contributed by atoms with Crippen LogP contribution in [0.3, 0.4) is 0 Å². The fraction of sp³-hybridized carbons (Fsp3) is 0.421. The van der Waals surface area contributed by atoms with Crippen molar-refractivity contribution in [1.29, 1.82) is 0 Å². The molecule has 1 aromatic carbocycles. The number of nitrogens with one attached hydrogen (secondary N) is 2. The third-order valence-corrected chi connectivity index (χ3v) is 4.91. The minimum atomic E-state index is -1.21. The minimum absolute atomic E-state index is 0.0326. The minimum Gasteiger partial charge on any atom is -0.449 e. The summed E-state index contributed by atoms with van der Waals surface area (Å²) >= 11 is 0. The van der Waals surface area contributed by atoms with Gasteiger partial charge in [-0.3, -0.25) is 24.6 Å². The molecule has 1 heterocycles. The summed E-state index contributed by atoms with van der Waals surface area (Å²) in [5.41, 5.74) is 0.346. The van der Waals surface area contributed by atoms with Crippen LogP contribution in [0.4, 0.5) is 4.79 Å². The van der Waals surface area contributed by atoms with Gasteiger partial charge in [0.2, 0.25) is 0 Å². The van der Waals surface area contributed by atoms with E-state index in [4.69, 9.17) is 4.74 Å². The maximum absolute atomic E-state index is 12.3. The van der Waals surface area contributed by atoms with Crippen LogP contribution in [-0.4, -0.2) is 53.8 Å². The summed E-state index contributed by atoms with van der Waals surface area (Å²) in [6.45, 7) is 1.34. The Bertz CT molecular complexity index is 859. The molecule has 0 unspecified atom stereocenters. The molecule has 1 atom stereocenters. The molecule has 1 saturated carbocycles. The maximum Gasteiger partial charge on any atom is 0.338 e. The van der Waals surface area contributed by atoms with Gasteiger partial charge in [0.25, 0.3) is 17.7 Å². The lowest BCUT2D eigenvalue weighted by atomic mass is 10.1. The lowest BCUT2D eigenvalue weighted by Gasteiger charge is -2.15. The molecule has 0 spiro atoms. The molecular formula is C19H21N3O6. The first-order chi connectivity index (χ1) is 13.3. The quantitative estimate of drug-likeness (QED) is 0.592. The highest BCUT2D eigenvalue weighted by Gasteiger charge is 2.33. The number of esters is 1.